The van der Waals surface area contributed by atoms with Gasteiger partial charge in [-0.2, -0.15) is 0 Å². The molecule has 0 bridgehead atoms. The minimum atomic E-state index is -0.612. The number of nitrogens with two attached hydrogens (primary N) is 1. The number of hydrogen-bond donors (Lipinski definition) is 2. The van der Waals surface area contributed by atoms with Crippen LogP contribution in [0.3, 0.4) is 0 Å². The number of halogens is 1. The highest BCUT2D eigenvalue weighted by atomic mass is 32.1. The van der Waals surface area contributed by atoms with Gasteiger partial charge in [0.15, 0.2) is 5.13 Å². The Balaban J connectivity index is 1.78. The summed E-state index contributed by atoms with van der Waals surface area (Å²) in [4.78, 5) is 28.4. The molecule has 8 heteroatoms. The molecular weight excluding hydrogens is 369 g/mol. The number of rotatable bonds is 6. The zero-order chi connectivity index (χ0) is 19.4. The summed E-state index contributed by atoms with van der Waals surface area (Å²) in [5.74, 6) is -1.51. The Morgan fingerprint density at radius 1 is 1.19 bits per heavy atom. The van der Waals surface area contributed by atoms with Crippen molar-refractivity contribution in [1.82, 2.24) is 4.98 Å². The molecule has 0 fully saturated rings. The summed E-state index contributed by atoms with van der Waals surface area (Å²) in [6.45, 7) is 2.04. The summed E-state index contributed by atoms with van der Waals surface area (Å²) in [6.07, 6.45) is 0. The number of nitrogen functional groups attached to an aromatic ring is 1. The maximum Gasteiger partial charge on any atom is 0.338 e. The fourth-order valence-electron chi connectivity index (χ4n) is 2.34. The van der Waals surface area contributed by atoms with Gasteiger partial charge in [-0.05, 0) is 43.3 Å². The predicted octanol–water partition coefficient (Wildman–Crippen LogP) is 4.02. The van der Waals surface area contributed by atoms with Crippen molar-refractivity contribution >= 4 is 39.7 Å². The third kappa shape index (κ3) is 4.12. The van der Waals surface area contributed by atoms with Crippen LogP contribution in [0, 0.1) is 5.82 Å². The minimum absolute atomic E-state index is 0.0268. The molecule has 3 aromatic rings. The fourth-order valence-corrected chi connectivity index (χ4v) is 3.20. The summed E-state index contributed by atoms with van der Waals surface area (Å²) < 4.78 is 18.8. The number of nitrogens with zero attached hydrogens (tertiary/aromatic N) is 1. The zero-order valence-corrected chi connectivity index (χ0v) is 15.2. The highest BCUT2D eigenvalue weighted by Crippen LogP contribution is 2.30. The molecule has 0 amide bonds. The van der Waals surface area contributed by atoms with Crippen molar-refractivity contribution in [3.05, 3.63) is 70.4 Å². The average molecular weight is 385 g/mol. The van der Waals surface area contributed by atoms with Crippen LogP contribution in [-0.4, -0.2) is 23.3 Å². The smallest absolute Gasteiger partial charge is 0.338 e. The Labute approximate surface area is 158 Å². The summed E-state index contributed by atoms with van der Waals surface area (Å²) >= 11 is 1.03. The van der Waals surface area contributed by atoms with Crippen molar-refractivity contribution in [1.29, 1.82) is 0 Å². The third-order valence-electron chi connectivity index (χ3n) is 3.63. The van der Waals surface area contributed by atoms with Crippen molar-refractivity contribution in [3.63, 3.8) is 0 Å². The molecule has 0 aliphatic carbocycles. The first-order chi connectivity index (χ1) is 13.0. The molecule has 1 heterocycles. The Kier molecular flexibility index (Phi) is 5.46. The van der Waals surface area contributed by atoms with Crippen molar-refractivity contribution in [2.45, 2.75) is 6.92 Å². The highest BCUT2D eigenvalue weighted by Gasteiger charge is 2.20. The van der Waals surface area contributed by atoms with Crippen LogP contribution in [0.25, 0.3) is 0 Å². The number of carbonyl (C=O) groups excluding carboxylic acids is 2. The molecule has 0 aliphatic heterocycles. The number of nitrogens with one attached hydrogen (secondary N) is 1. The van der Waals surface area contributed by atoms with E-state index in [-0.39, 0.29) is 16.3 Å². The van der Waals surface area contributed by atoms with E-state index in [1.165, 1.54) is 18.2 Å². The molecule has 0 saturated heterocycles. The first-order valence-corrected chi connectivity index (χ1v) is 8.91. The zero-order valence-electron chi connectivity index (χ0n) is 14.4. The number of carbonyl (C=O) groups is 2. The lowest BCUT2D eigenvalue weighted by Gasteiger charge is -2.04. The molecule has 0 radical (unpaired) electrons. The Hall–Kier alpha value is -3.26. The van der Waals surface area contributed by atoms with E-state index >= 15 is 0 Å². The van der Waals surface area contributed by atoms with Gasteiger partial charge in [0.25, 0.3) is 0 Å². The molecule has 0 saturated carbocycles. The average Bonchev–Trinajstić information content (AvgIpc) is 3.02. The van der Waals surface area contributed by atoms with E-state index in [0.717, 1.165) is 11.3 Å². The van der Waals surface area contributed by atoms with Gasteiger partial charge < -0.3 is 15.8 Å². The molecule has 0 atom stereocenters. The van der Waals surface area contributed by atoms with Gasteiger partial charge in [0, 0.05) is 5.69 Å². The molecule has 3 N–H and O–H groups in total. The number of thiazole rings is 1. The van der Waals surface area contributed by atoms with Crippen LogP contribution in [-0.2, 0) is 4.74 Å². The lowest BCUT2D eigenvalue weighted by Crippen LogP contribution is -2.04. The number of benzene rings is 2. The van der Waals surface area contributed by atoms with Gasteiger partial charge >= 0.3 is 5.97 Å². The van der Waals surface area contributed by atoms with Crippen LogP contribution in [0.15, 0.2) is 48.5 Å². The number of esters is 1. The quantitative estimate of drug-likeness (QED) is 0.492. The lowest BCUT2D eigenvalue weighted by atomic mass is 10.1. The number of anilines is 3. The van der Waals surface area contributed by atoms with Crippen molar-refractivity contribution in [2.24, 2.45) is 0 Å². The monoisotopic (exact) mass is 385 g/mol. The van der Waals surface area contributed by atoms with Crippen LogP contribution in [0.2, 0.25) is 0 Å². The molecule has 1 aromatic heterocycles. The van der Waals surface area contributed by atoms with Gasteiger partial charge in [-0.1, -0.05) is 23.5 Å². The molecule has 2 aromatic carbocycles. The van der Waals surface area contributed by atoms with E-state index in [1.807, 2.05) is 0 Å². The third-order valence-corrected chi connectivity index (χ3v) is 4.61. The molecule has 0 spiro atoms. The molecule has 6 nitrogen and oxygen atoms in total. The first-order valence-electron chi connectivity index (χ1n) is 8.09. The number of ketones is 1. The van der Waals surface area contributed by atoms with E-state index in [2.05, 4.69) is 10.3 Å². The van der Waals surface area contributed by atoms with E-state index in [9.17, 15) is 14.0 Å². The van der Waals surface area contributed by atoms with Crippen molar-refractivity contribution < 1.29 is 18.7 Å². The topological polar surface area (TPSA) is 94.3 Å². The van der Waals surface area contributed by atoms with Gasteiger partial charge in [-0.15, -0.1) is 0 Å². The van der Waals surface area contributed by atoms with Gasteiger partial charge in [0.05, 0.1) is 17.7 Å². The van der Waals surface area contributed by atoms with E-state index < -0.39 is 17.6 Å². The molecular formula is C19H16FN3O3S. The summed E-state index contributed by atoms with van der Waals surface area (Å²) in [7, 11) is 0. The molecule has 0 unspecified atom stereocenters. The van der Waals surface area contributed by atoms with E-state index in [4.69, 9.17) is 10.5 Å². The molecule has 0 aliphatic rings. The number of ether oxygens (including phenoxy) is 1. The Morgan fingerprint density at radius 2 is 1.89 bits per heavy atom. The highest BCUT2D eigenvalue weighted by molar-refractivity contribution is 7.18. The molecule has 138 valence electrons. The number of hydrogen-bond acceptors (Lipinski definition) is 7. The number of aromatic nitrogens is 1. The maximum absolute atomic E-state index is 13.8. The van der Waals surface area contributed by atoms with Gasteiger partial charge in [0.1, 0.15) is 16.5 Å². The van der Waals surface area contributed by atoms with E-state index in [0.29, 0.717) is 23.0 Å². The fraction of sp³-hybridized carbons (Fsp3) is 0.105. The second-order valence-corrected chi connectivity index (χ2v) is 6.46. The Morgan fingerprint density at radius 3 is 2.56 bits per heavy atom. The normalized spacial score (nSPS) is 10.4. The van der Waals surface area contributed by atoms with Gasteiger partial charge in [0.2, 0.25) is 5.78 Å². The minimum Gasteiger partial charge on any atom is -0.462 e. The Bertz CT molecular complexity index is 986. The second kappa shape index (κ2) is 7.96. The summed E-state index contributed by atoms with van der Waals surface area (Å²) in [6, 6.07) is 12.3. The standard InChI is InChI=1S/C19H16FN3O3S/c1-2-26-18(25)11-7-9-12(10-8-11)22-19-23-17(21)16(27-19)15(24)13-5-3-4-6-14(13)20/h3-10H,2,21H2,1H3,(H,22,23). The lowest BCUT2D eigenvalue weighted by molar-refractivity contribution is 0.0526. The van der Waals surface area contributed by atoms with Gasteiger partial charge in [-0.3, -0.25) is 4.79 Å². The van der Waals surface area contributed by atoms with E-state index in [1.54, 1.807) is 37.3 Å². The SMILES string of the molecule is CCOC(=O)c1ccc(Nc2nc(N)c(C(=O)c3ccccc3F)s2)cc1. The predicted molar refractivity (Wildman–Crippen MR) is 102 cm³/mol. The second-order valence-electron chi connectivity index (χ2n) is 5.47. The largest absolute Gasteiger partial charge is 0.462 e. The van der Waals surface area contributed by atoms with Crippen LogP contribution >= 0.6 is 11.3 Å². The molecule has 3 rings (SSSR count). The van der Waals surface area contributed by atoms with Gasteiger partial charge in [-0.25, -0.2) is 14.2 Å². The maximum atomic E-state index is 13.8. The van der Waals surface area contributed by atoms with Crippen molar-refractivity contribution in [3.8, 4) is 0 Å². The first kappa shape index (κ1) is 18.5. The van der Waals surface area contributed by atoms with Crippen LogP contribution in [0.4, 0.5) is 21.0 Å². The summed E-state index contributed by atoms with van der Waals surface area (Å²) in [5, 5.41) is 3.40. The van der Waals surface area contributed by atoms with Crippen LogP contribution in [0.5, 0.6) is 0 Å². The molecule has 27 heavy (non-hydrogen) atoms. The van der Waals surface area contributed by atoms with Crippen molar-refractivity contribution in [2.75, 3.05) is 17.7 Å². The van der Waals surface area contributed by atoms with Crippen LogP contribution in [0.1, 0.15) is 32.5 Å². The van der Waals surface area contributed by atoms with Crippen LogP contribution < -0.4 is 11.1 Å². The summed E-state index contributed by atoms with van der Waals surface area (Å²) in [5.41, 5.74) is 6.86.